The average Bonchev–Trinajstić information content (AvgIpc) is 2.91. The summed E-state index contributed by atoms with van der Waals surface area (Å²) in [7, 11) is 0. The predicted molar refractivity (Wildman–Crippen MR) is 62.5 cm³/mol. The lowest BCUT2D eigenvalue weighted by atomic mass is 9.93. The summed E-state index contributed by atoms with van der Waals surface area (Å²) in [5, 5.41) is 9.28. The highest BCUT2D eigenvalue weighted by Gasteiger charge is 2.53. The van der Waals surface area contributed by atoms with Gasteiger partial charge in [0.25, 0.3) is 0 Å². The van der Waals surface area contributed by atoms with Crippen LogP contribution in [0.4, 0.5) is 4.79 Å². The minimum atomic E-state index is -0.811. The van der Waals surface area contributed by atoms with E-state index in [2.05, 4.69) is 14.9 Å². The van der Waals surface area contributed by atoms with E-state index < -0.39 is 6.09 Å². The maximum atomic E-state index is 10.9. The Morgan fingerprint density at radius 2 is 2.28 bits per heavy atom. The van der Waals surface area contributed by atoms with E-state index in [1.807, 2.05) is 0 Å². The number of carboxylic acid groups (broad SMARTS) is 1. The smallest absolute Gasteiger partial charge is 0.407 e. The van der Waals surface area contributed by atoms with E-state index in [1.165, 1.54) is 4.90 Å². The second-order valence-corrected chi connectivity index (χ2v) is 5.44. The SMILES string of the molecule is O=C(O)N1C[C@@H]2CN(C3c4cnc(Cl)nc43)C[C@@H]21. The van der Waals surface area contributed by atoms with Gasteiger partial charge in [0, 0.05) is 37.3 Å². The molecule has 18 heavy (non-hydrogen) atoms. The molecule has 2 fully saturated rings. The van der Waals surface area contributed by atoms with Gasteiger partial charge in [0.05, 0.1) is 17.8 Å². The van der Waals surface area contributed by atoms with E-state index >= 15 is 0 Å². The molecule has 6 nitrogen and oxygen atoms in total. The number of amides is 1. The highest BCUT2D eigenvalue weighted by molar-refractivity contribution is 6.28. The highest BCUT2D eigenvalue weighted by Crippen LogP contribution is 2.48. The summed E-state index contributed by atoms with van der Waals surface area (Å²) in [4.78, 5) is 22.9. The van der Waals surface area contributed by atoms with E-state index in [0.717, 1.165) is 24.3 Å². The van der Waals surface area contributed by atoms with Gasteiger partial charge in [-0.05, 0) is 11.6 Å². The number of aromatic nitrogens is 2. The first kappa shape index (κ1) is 10.5. The monoisotopic (exact) mass is 266 g/mol. The van der Waals surface area contributed by atoms with Crippen molar-refractivity contribution in [1.82, 2.24) is 19.8 Å². The normalized spacial score (nSPS) is 32.7. The first-order chi connectivity index (χ1) is 8.65. The number of nitrogens with zero attached hydrogens (tertiary/aromatic N) is 4. The Labute approximate surface area is 108 Å². The Hall–Kier alpha value is -1.40. The lowest BCUT2D eigenvalue weighted by molar-refractivity contribution is 0.0505. The molecule has 1 unspecified atom stereocenters. The molecular formula is C11H11ClN4O2. The van der Waals surface area contributed by atoms with E-state index in [9.17, 15) is 4.79 Å². The number of fused-ring (bicyclic) bond motifs is 2. The summed E-state index contributed by atoms with van der Waals surface area (Å²) in [5.41, 5.74) is 2.13. The first-order valence-corrected chi connectivity index (χ1v) is 6.29. The fourth-order valence-electron chi connectivity index (χ4n) is 3.20. The molecule has 1 N–H and O–H groups in total. The molecule has 3 aliphatic rings. The zero-order valence-electron chi connectivity index (χ0n) is 9.45. The van der Waals surface area contributed by atoms with Gasteiger partial charge in [-0.15, -0.1) is 0 Å². The molecule has 3 atom stereocenters. The molecule has 4 rings (SSSR count). The van der Waals surface area contributed by atoms with Crippen LogP contribution >= 0.6 is 11.6 Å². The number of likely N-dealkylation sites (tertiary alicyclic amines) is 2. The van der Waals surface area contributed by atoms with Crippen LogP contribution in [0.15, 0.2) is 6.20 Å². The van der Waals surface area contributed by atoms with Crippen LogP contribution in [0.1, 0.15) is 17.3 Å². The molecule has 2 saturated heterocycles. The van der Waals surface area contributed by atoms with Crippen LogP contribution in [-0.2, 0) is 0 Å². The van der Waals surface area contributed by atoms with Gasteiger partial charge >= 0.3 is 6.09 Å². The Morgan fingerprint density at radius 3 is 3.00 bits per heavy atom. The zero-order chi connectivity index (χ0) is 12.4. The molecule has 1 amide bonds. The molecule has 1 aromatic rings. The van der Waals surface area contributed by atoms with E-state index in [4.69, 9.17) is 16.7 Å². The Morgan fingerprint density at radius 1 is 1.44 bits per heavy atom. The molecule has 1 aromatic heterocycles. The topological polar surface area (TPSA) is 69.6 Å². The van der Waals surface area contributed by atoms with Crippen LogP contribution in [0.5, 0.6) is 0 Å². The van der Waals surface area contributed by atoms with E-state index in [-0.39, 0.29) is 17.4 Å². The second kappa shape index (κ2) is 3.33. The Kier molecular flexibility index (Phi) is 1.95. The largest absolute Gasteiger partial charge is 0.465 e. The van der Waals surface area contributed by atoms with E-state index in [1.54, 1.807) is 6.20 Å². The molecule has 0 bridgehead atoms. The highest BCUT2D eigenvalue weighted by atomic mass is 35.5. The van der Waals surface area contributed by atoms with Gasteiger partial charge in [-0.1, -0.05) is 0 Å². The van der Waals surface area contributed by atoms with Crippen molar-refractivity contribution in [3.63, 3.8) is 0 Å². The quantitative estimate of drug-likeness (QED) is 0.763. The zero-order valence-corrected chi connectivity index (χ0v) is 10.2. The Bertz CT molecular complexity index is 552. The van der Waals surface area contributed by atoms with Crippen molar-refractivity contribution in [2.45, 2.75) is 12.1 Å². The van der Waals surface area contributed by atoms with Crippen molar-refractivity contribution >= 4 is 17.7 Å². The standard InChI is InChI=1S/C11H11ClN4O2/c12-10-13-1-6-8(14-10)9(6)15-2-5-3-16(11(17)18)7(5)4-15/h1,5,7,9H,2-4H2,(H,17,18)/t5-,7-,9?/m0/s1. The summed E-state index contributed by atoms with van der Waals surface area (Å²) in [6.45, 7) is 2.38. The van der Waals surface area contributed by atoms with Crippen molar-refractivity contribution in [1.29, 1.82) is 0 Å². The molecular weight excluding hydrogens is 256 g/mol. The van der Waals surface area contributed by atoms with Crippen molar-refractivity contribution in [2.75, 3.05) is 19.6 Å². The van der Waals surface area contributed by atoms with Crippen LogP contribution in [-0.4, -0.2) is 56.6 Å². The Balaban J connectivity index is 1.49. The molecule has 7 heteroatoms. The molecule has 0 radical (unpaired) electrons. The molecule has 2 aliphatic heterocycles. The molecule has 3 heterocycles. The van der Waals surface area contributed by atoms with Crippen molar-refractivity contribution in [3.8, 4) is 0 Å². The summed E-state index contributed by atoms with van der Waals surface area (Å²) in [5.74, 6) is 0.473. The molecule has 94 valence electrons. The first-order valence-electron chi connectivity index (χ1n) is 5.91. The third-order valence-corrected chi connectivity index (χ3v) is 4.35. The van der Waals surface area contributed by atoms with Crippen LogP contribution in [0, 0.1) is 5.92 Å². The minimum Gasteiger partial charge on any atom is -0.465 e. The number of rotatable bonds is 1. The minimum absolute atomic E-state index is 0.155. The van der Waals surface area contributed by atoms with Gasteiger partial charge in [-0.25, -0.2) is 14.8 Å². The maximum Gasteiger partial charge on any atom is 0.407 e. The number of halogens is 1. The average molecular weight is 267 g/mol. The predicted octanol–water partition coefficient (Wildman–Crippen LogP) is 0.827. The van der Waals surface area contributed by atoms with Gasteiger partial charge in [-0.2, -0.15) is 0 Å². The van der Waals surface area contributed by atoms with Gasteiger partial charge in [0.2, 0.25) is 5.28 Å². The lowest BCUT2D eigenvalue weighted by Crippen LogP contribution is -2.57. The molecule has 1 aliphatic carbocycles. The number of hydrogen-bond donors (Lipinski definition) is 1. The summed E-state index contributed by atoms with van der Waals surface area (Å²) in [6.07, 6.45) is 0.957. The second-order valence-electron chi connectivity index (χ2n) is 5.10. The summed E-state index contributed by atoms with van der Waals surface area (Å²) in [6, 6.07) is 0.369. The third kappa shape index (κ3) is 1.30. The van der Waals surface area contributed by atoms with Gasteiger partial charge in [-0.3, -0.25) is 4.90 Å². The van der Waals surface area contributed by atoms with E-state index in [0.29, 0.717) is 12.5 Å². The lowest BCUT2D eigenvalue weighted by Gasteiger charge is -2.41. The molecule has 0 aromatic carbocycles. The van der Waals surface area contributed by atoms with Crippen molar-refractivity contribution in [3.05, 3.63) is 22.7 Å². The summed E-state index contributed by atoms with van der Waals surface area (Å²) >= 11 is 5.76. The fourth-order valence-corrected chi connectivity index (χ4v) is 3.34. The van der Waals surface area contributed by atoms with Crippen LogP contribution < -0.4 is 0 Å². The van der Waals surface area contributed by atoms with Gasteiger partial charge in [0.15, 0.2) is 0 Å². The van der Waals surface area contributed by atoms with Gasteiger partial charge in [0.1, 0.15) is 0 Å². The maximum absolute atomic E-state index is 10.9. The molecule has 0 saturated carbocycles. The third-order valence-electron chi connectivity index (χ3n) is 4.17. The van der Waals surface area contributed by atoms with Crippen LogP contribution in [0.3, 0.4) is 0 Å². The van der Waals surface area contributed by atoms with Crippen molar-refractivity contribution in [2.24, 2.45) is 5.92 Å². The fraction of sp³-hybridized carbons (Fsp3) is 0.545. The van der Waals surface area contributed by atoms with Crippen LogP contribution in [0.25, 0.3) is 0 Å². The molecule has 0 spiro atoms. The van der Waals surface area contributed by atoms with Gasteiger partial charge < -0.3 is 10.0 Å². The summed E-state index contributed by atoms with van der Waals surface area (Å²) < 4.78 is 0. The number of carbonyl (C=O) groups is 1. The van der Waals surface area contributed by atoms with Crippen molar-refractivity contribution < 1.29 is 9.90 Å². The number of hydrogen-bond acceptors (Lipinski definition) is 4. The van der Waals surface area contributed by atoms with Crippen LogP contribution in [0.2, 0.25) is 5.28 Å².